The van der Waals surface area contributed by atoms with Gasteiger partial charge in [0.25, 0.3) is 0 Å². The van der Waals surface area contributed by atoms with E-state index in [4.69, 9.17) is 4.74 Å². The number of pyridine rings is 1. The average Bonchev–Trinajstić information content (AvgIpc) is 2.25. The fraction of sp³-hybridized carbons (Fsp3) is 0.615. The molecule has 1 unspecified atom stereocenters. The number of hydrogen-bond acceptors (Lipinski definition) is 3. The van der Waals surface area contributed by atoms with E-state index in [2.05, 4.69) is 25.8 Å². The SMILES string of the molecule is COc1ccc(C(O)CCC(C)(C)C)cn1. The second-order valence-electron chi connectivity index (χ2n) is 5.25. The van der Waals surface area contributed by atoms with E-state index in [0.29, 0.717) is 5.88 Å². The lowest BCUT2D eigenvalue weighted by molar-refractivity contribution is 0.147. The molecule has 0 aromatic carbocycles. The number of rotatable bonds is 4. The van der Waals surface area contributed by atoms with Crippen molar-refractivity contribution in [1.82, 2.24) is 4.98 Å². The van der Waals surface area contributed by atoms with E-state index in [-0.39, 0.29) is 5.41 Å². The molecule has 0 saturated carbocycles. The highest BCUT2D eigenvalue weighted by Crippen LogP contribution is 2.27. The highest BCUT2D eigenvalue weighted by molar-refractivity contribution is 5.19. The molecule has 1 N–H and O–H groups in total. The standard InChI is InChI=1S/C13H21NO2/c1-13(2,3)8-7-11(15)10-5-6-12(16-4)14-9-10/h5-6,9,11,15H,7-8H2,1-4H3. The van der Waals surface area contributed by atoms with Crippen molar-refractivity contribution in [2.75, 3.05) is 7.11 Å². The monoisotopic (exact) mass is 223 g/mol. The van der Waals surface area contributed by atoms with Crippen molar-refractivity contribution in [1.29, 1.82) is 0 Å². The molecule has 0 aliphatic rings. The van der Waals surface area contributed by atoms with Crippen LogP contribution in [0.25, 0.3) is 0 Å². The molecule has 1 rings (SSSR count). The van der Waals surface area contributed by atoms with Gasteiger partial charge in [0.15, 0.2) is 0 Å². The van der Waals surface area contributed by atoms with Crippen molar-refractivity contribution in [2.24, 2.45) is 5.41 Å². The summed E-state index contributed by atoms with van der Waals surface area (Å²) in [5.41, 5.74) is 1.10. The number of aliphatic hydroxyl groups excluding tert-OH is 1. The van der Waals surface area contributed by atoms with E-state index in [1.165, 1.54) is 0 Å². The zero-order valence-corrected chi connectivity index (χ0v) is 10.5. The van der Waals surface area contributed by atoms with Crippen LogP contribution in [0.1, 0.15) is 45.3 Å². The Hall–Kier alpha value is -1.09. The van der Waals surface area contributed by atoms with Gasteiger partial charge >= 0.3 is 0 Å². The van der Waals surface area contributed by atoms with Crippen LogP contribution in [-0.4, -0.2) is 17.2 Å². The van der Waals surface area contributed by atoms with Gasteiger partial charge in [0.05, 0.1) is 13.2 Å². The molecule has 16 heavy (non-hydrogen) atoms. The molecule has 0 radical (unpaired) electrons. The molecule has 1 heterocycles. The van der Waals surface area contributed by atoms with Gasteiger partial charge in [-0.15, -0.1) is 0 Å². The maximum atomic E-state index is 9.97. The number of aromatic nitrogens is 1. The predicted molar refractivity (Wildman–Crippen MR) is 64.4 cm³/mol. The molecular formula is C13H21NO2. The fourth-order valence-electron chi connectivity index (χ4n) is 1.45. The van der Waals surface area contributed by atoms with Gasteiger partial charge in [0.2, 0.25) is 5.88 Å². The Balaban J connectivity index is 2.56. The summed E-state index contributed by atoms with van der Waals surface area (Å²) in [4.78, 5) is 4.08. The molecule has 0 bridgehead atoms. The quantitative estimate of drug-likeness (QED) is 0.853. The van der Waals surface area contributed by atoms with Crippen LogP contribution >= 0.6 is 0 Å². The summed E-state index contributed by atoms with van der Waals surface area (Å²) in [5, 5.41) is 9.97. The summed E-state index contributed by atoms with van der Waals surface area (Å²) in [6, 6.07) is 3.63. The number of methoxy groups -OCH3 is 1. The third-order valence-electron chi connectivity index (χ3n) is 2.52. The van der Waals surface area contributed by atoms with E-state index in [1.807, 2.05) is 6.07 Å². The van der Waals surface area contributed by atoms with Crippen molar-refractivity contribution in [3.05, 3.63) is 23.9 Å². The smallest absolute Gasteiger partial charge is 0.212 e. The van der Waals surface area contributed by atoms with E-state index < -0.39 is 6.10 Å². The summed E-state index contributed by atoms with van der Waals surface area (Å²) < 4.78 is 4.97. The lowest BCUT2D eigenvalue weighted by Gasteiger charge is -2.20. The predicted octanol–water partition coefficient (Wildman–Crippen LogP) is 2.95. The minimum atomic E-state index is -0.433. The Morgan fingerprint density at radius 3 is 2.50 bits per heavy atom. The lowest BCUT2D eigenvalue weighted by Crippen LogP contribution is -2.08. The molecule has 0 saturated heterocycles. The van der Waals surface area contributed by atoms with Crippen LogP contribution in [0, 0.1) is 5.41 Å². The number of nitrogens with zero attached hydrogens (tertiary/aromatic N) is 1. The second-order valence-corrected chi connectivity index (χ2v) is 5.25. The first-order valence-corrected chi connectivity index (χ1v) is 5.60. The lowest BCUT2D eigenvalue weighted by atomic mass is 9.88. The van der Waals surface area contributed by atoms with Gasteiger partial charge in [-0.1, -0.05) is 20.8 Å². The van der Waals surface area contributed by atoms with Crippen LogP contribution in [-0.2, 0) is 0 Å². The Kier molecular flexibility index (Phi) is 4.30. The van der Waals surface area contributed by atoms with Crippen LogP contribution in [0.15, 0.2) is 18.3 Å². The van der Waals surface area contributed by atoms with Crippen molar-refractivity contribution in [2.45, 2.75) is 39.7 Å². The number of aliphatic hydroxyl groups is 1. The van der Waals surface area contributed by atoms with Gasteiger partial charge in [-0.25, -0.2) is 4.98 Å². The summed E-state index contributed by atoms with van der Waals surface area (Å²) in [6.45, 7) is 6.52. The van der Waals surface area contributed by atoms with Gasteiger partial charge < -0.3 is 9.84 Å². The van der Waals surface area contributed by atoms with Gasteiger partial charge in [-0.2, -0.15) is 0 Å². The Labute approximate surface area is 97.5 Å². The Morgan fingerprint density at radius 1 is 1.38 bits per heavy atom. The highest BCUT2D eigenvalue weighted by atomic mass is 16.5. The van der Waals surface area contributed by atoms with Gasteiger partial charge in [-0.05, 0) is 29.9 Å². The second kappa shape index (κ2) is 5.30. The van der Waals surface area contributed by atoms with E-state index in [0.717, 1.165) is 18.4 Å². The molecule has 0 fully saturated rings. The molecular weight excluding hydrogens is 202 g/mol. The largest absolute Gasteiger partial charge is 0.481 e. The molecule has 1 atom stereocenters. The summed E-state index contributed by atoms with van der Waals surface area (Å²) in [5.74, 6) is 0.576. The van der Waals surface area contributed by atoms with Gasteiger partial charge in [-0.3, -0.25) is 0 Å². The van der Waals surface area contributed by atoms with Crippen molar-refractivity contribution in [3.63, 3.8) is 0 Å². The molecule has 0 aliphatic carbocycles. The first kappa shape index (κ1) is 13.0. The Morgan fingerprint density at radius 2 is 2.06 bits per heavy atom. The minimum absolute atomic E-state index is 0.251. The van der Waals surface area contributed by atoms with Crippen LogP contribution in [0.3, 0.4) is 0 Å². The topological polar surface area (TPSA) is 42.4 Å². The van der Waals surface area contributed by atoms with Gasteiger partial charge in [0, 0.05) is 12.3 Å². The van der Waals surface area contributed by atoms with Gasteiger partial charge in [0.1, 0.15) is 0 Å². The first-order valence-electron chi connectivity index (χ1n) is 5.60. The third-order valence-corrected chi connectivity index (χ3v) is 2.52. The summed E-state index contributed by atoms with van der Waals surface area (Å²) in [6.07, 6.45) is 2.99. The van der Waals surface area contributed by atoms with Crippen LogP contribution in [0.4, 0.5) is 0 Å². The van der Waals surface area contributed by atoms with E-state index in [1.54, 1.807) is 19.4 Å². The molecule has 3 heteroatoms. The average molecular weight is 223 g/mol. The zero-order valence-electron chi connectivity index (χ0n) is 10.5. The number of hydrogen-bond donors (Lipinski definition) is 1. The van der Waals surface area contributed by atoms with E-state index in [9.17, 15) is 5.11 Å². The van der Waals surface area contributed by atoms with Crippen molar-refractivity contribution in [3.8, 4) is 5.88 Å². The summed E-state index contributed by atoms with van der Waals surface area (Å²) >= 11 is 0. The zero-order chi connectivity index (χ0) is 12.2. The molecule has 0 amide bonds. The normalized spacial score (nSPS) is 13.6. The molecule has 0 spiro atoms. The molecule has 1 aromatic rings. The fourth-order valence-corrected chi connectivity index (χ4v) is 1.45. The van der Waals surface area contributed by atoms with Crippen LogP contribution < -0.4 is 4.74 Å². The van der Waals surface area contributed by atoms with Crippen molar-refractivity contribution < 1.29 is 9.84 Å². The van der Waals surface area contributed by atoms with Crippen LogP contribution in [0.2, 0.25) is 0 Å². The molecule has 1 aromatic heterocycles. The maximum absolute atomic E-state index is 9.97. The molecule has 3 nitrogen and oxygen atoms in total. The molecule has 90 valence electrons. The van der Waals surface area contributed by atoms with Crippen LogP contribution in [0.5, 0.6) is 5.88 Å². The molecule has 0 aliphatic heterocycles. The third kappa shape index (κ3) is 4.19. The Bertz CT molecular complexity index is 314. The number of ether oxygens (including phenoxy) is 1. The van der Waals surface area contributed by atoms with Crippen molar-refractivity contribution >= 4 is 0 Å². The summed E-state index contributed by atoms with van der Waals surface area (Å²) in [7, 11) is 1.58. The van der Waals surface area contributed by atoms with E-state index >= 15 is 0 Å². The maximum Gasteiger partial charge on any atom is 0.212 e. The highest BCUT2D eigenvalue weighted by Gasteiger charge is 2.15. The first-order chi connectivity index (χ1) is 7.42. The minimum Gasteiger partial charge on any atom is -0.481 e.